The van der Waals surface area contributed by atoms with Gasteiger partial charge in [-0.05, 0) is 0 Å². The second-order valence-electron chi connectivity index (χ2n) is 0. The first-order chi connectivity index (χ1) is 0. The zero-order valence-corrected chi connectivity index (χ0v) is 3.50. The van der Waals surface area contributed by atoms with Crippen LogP contribution in [0.2, 0.25) is 0 Å². The molecule has 0 unspecified atom stereocenters. The summed E-state index contributed by atoms with van der Waals surface area (Å²) in [6.45, 7) is 0. The fourth-order valence-corrected chi connectivity index (χ4v) is 0. The third-order valence-electron chi connectivity index (χ3n) is 0. The fourth-order valence-electron chi connectivity index (χ4n) is 0. The van der Waals surface area contributed by atoms with Crippen LogP contribution in [0.15, 0.2) is 0 Å². The van der Waals surface area contributed by atoms with Crippen LogP contribution in [0.3, 0.4) is 0 Å². The summed E-state index contributed by atoms with van der Waals surface area (Å²) in [5.74, 6) is 0. The molecule has 0 aromatic heterocycles. The summed E-state index contributed by atoms with van der Waals surface area (Å²) in [6, 6.07) is 0. The maximum Gasteiger partial charge on any atom is 2.00 e. The molecule has 0 rings (SSSR count). The molecule has 44 valence electrons. The molecule has 5 nitrogen and oxygen atoms in total. The van der Waals surface area contributed by atoms with Crippen molar-refractivity contribution in [3.63, 3.8) is 0 Å². The molecule has 0 aromatic carbocycles. The molecular weight excluding hydrogens is 139 g/mol. The molecule has 0 fully saturated rings. The van der Waals surface area contributed by atoms with Gasteiger partial charge in [-0.2, -0.15) is 0 Å². The molecule has 0 atom stereocenters. The van der Waals surface area contributed by atoms with Crippen LogP contribution in [-0.4, -0.2) is 21.9 Å². The summed E-state index contributed by atoms with van der Waals surface area (Å²) in [6.07, 6.45) is 0. The van der Waals surface area contributed by atoms with Gasteiger partial charge < -0.3 is 21.9 Å². The first-order valence-electron chi connectivity index (χ1n) is 0. The van der Waals surface area contributed by atoms with E-state index in [4.69, 9.17) is 0 Å². The third-order valence-corrected chi connectivity index (χ3v) is 0. The quantitative estimate of drug-likeness (QED) is 0.406. The molecule has 0 amide bonds. The van der Waals surface area contributed by atoms with Gasteiger partial charge in [0, 0.05) is 0 Å². The van der Waals surface area contributed by atoms with Crippen molar-refractivity contribution < 1.29 is 43.9 Å². The average Bonchev–Trinajstić information content (AvgIpc) is 0. The van der Waals surface area contributed by atoms with Gasteiger partial charge in [-0.25, -0.2) is 0 Å². The molecule has 0 aliphatic rings. The number of hydrogen-bond acceptors (Lipinski definition) is 4. The monoisotopic (exact) mass is 142 g/mol. The van der Waals surface area contributed by atoms with Crippen molar-refractivity contribution in [3.8, 4) is 0 Å². The van der Waals surface area contributed by atoms with E-state index in [1.54, 1.807) is 0 Å². The Morgan fingerprint density at radius 2 is 0.500 bits per heavy atom. The van der Waals surface area contributed by atoms with E-state index in [0.29, 0.717) is 0 Å². The summed E-state index contributed by atoms with van der Waals surface area (Å²) in [5, 5.41) is 0. The molecule has 0 spiro atoms. The normalized spacial score (nSPS) is 0. The van der Waals surface area contributed by atoms with Gasteiger partial charge in [-0.1, -0.05) is 0 Å². The zero-order chi connectivity index (χ0) is 0. The first kappa shape index (κ1) is 2050. The predicted molar refractivity (Wildman–Crippen MR) is 8.43 cm³/mol. The third kappa shape index (κ3) is 541. The molecule has 0 aliphatic carbocycles. The van der Waals surface area contributed by atoms with E-state index in [1.165, 1.54) is 0 Å². The van der Waals surface area contributed by atoms with Gasteiger partial charge in [0.1, 0.15) is 0 Å². The van der Waals surface area contributed by atoms with Crippen LogP contribution in [0.4, 0.5) is 0 Å². The molecule has 0 aliphatic heterocycles. The minimum absolute atomic E-state index is 0. The van der Waals surface area contributed by atoms with E-state index in [-0.39, 0.29) is 43.9 Å². The summed E-state index contributed by atoms with van der Waals surface area (Å²) < 4.78 is 0. The minimum Gasteiger partial charge on any atom is -0.870 e. The molecule has 0 aromatic rings. The molecule has 6 heteroatoms. The molecule has 0 bridgehead atoms. The van der Waals surface area contributed by atoms with Crippen LogP contribution in [0.1, 0.15) is 0 Å². The van der Waals surface area contributed by atoms with Crippen molar-refractivity contribution in [2.75, 3.05) is 0 Å². The maximum atomic E-state index is 0. The van der Waals surface area contributed by atoms with Crippen molar-refractivity contribution in [1.29, 1.82) is 0 Å². The molecule has 0 saturated carbocycles. The van der Waals surface area contributed by atoms with Gasteiger partial charge in [0.15, 0.2) is 0 Å². The van der Waals surface area contributed by atoms with Gasteiger partial charge >= 0.3 is 22.0 Å². The van der Waals surface area contributed by atoms with E-state index < -0.39 is 0 Å². The minimum atomic E-state index is 0. The number of hydrogen-bond donors (Lipinski definition) is 0. The van der Waals surface area contributed by atoms with E-state index >= 15 is 0 Å². The smallest absolute Gasteiger partial charge is 0.870 e. The first-order valence-corrected chi connectivity index (χ1v) is 0. The van der Waals surface area contributed by atoms with Crippen molar-refractivity contribution in [3.05, 3.63) is 0 Å². The maximum absolute atomic E-state index is 0. The summed E-state index contributed by atoms with van der Waals surface area (Å²) in [7, 11) is 0. The van der Waals surface area contributed by atoms with Crippen molar-refractivity contribution in [2.24, 2.45) is 0 Å². The molecule has 4 radical (unpaired) electrons. The fraction of sp³-hybridized carbons (Fsp3) is 0. The van der Waals surface area contributed by atoms with Crippen LogP contribution in [0, 0.1) is 0 Å². The Morgan fingerprint density at radius 1 is 0.500 bits per heavy atom. The Kier molecular flexibility index (Phi) is 386000. The van der Waals surface area contributed by atoms with E-state index in [1.807, 2.05) is 0 Å². The standard InChI is InChI=1S/Ni.4H2O.O/h;4*1H2;/q+2;;;;;+2/p-4. The molecular formula is H4NiO5. The Balaban J connectivity index is 0. The van der Waals surface area contributed by atoms with Crippen molar-refractivity contribution in [2.45, 2.75) is 0 Å². The Morgan fingerprint density at radius 3 is 0.500 bits per heavy atom. The SMILES string of the molecule is [Ni+2].[O+2].[OH-].[OH-].[OH-].[OH-]. The Labute approximate surface area is 44.8 Å². The Hall–Kier alpha value is 0.294. The largest absolute Gasteiger partial charge is 2.00 e. The van der Waals surface area contributed by atoms with Crippen LogP contribution in [-0.2, 0) is 22.0 Å². The van der Waals surface area contributed by atoms with Gasteiger partial charge in [0.2, 0.25) is 0 Å². The van der Waals surface area contributed by atoms with Gasteiger partial charge in [0.25, 0.3) is 0 Å². The molecule has 4 N–H and O–H groups in total. The van der Waals surface area contributed by atoms with E-state index in [2.05, 4.69) is 0 Å². The van der Waals surface area contributed by atoms with Gasteiger partial charge in [0.05, 0.1) is 0 Å². The van der Waals surface area contributed by atoms with Gasteiger partial charge in [-0.15, -0.1) is 0 Å². The van der Waals surface area contributed by atoms with Crippen molar-refractivity contribution >= 4 is 0 Å². The molecule has 6 heavy (non-hydrogen) atoms. The van der Waals surface area contributed by atoms with Crippen LogP contribution < -0.4 is 0 Å². The van der Waals surface area contributed by atoms with Gasteiger partial charge in [-0.3, -0.25) is 0 Å². The second-order valence-corrected chi connectivity index (χ2v) is 0. The number of rotatable bonds is 0. The van der Waals surface area contributed by atoms with Crippen molar-refractivity contribution in [1.82, 2.24) is 0 Å². The van der Waals surface area contributed by atoms with Crippen LogP contribution >= 0.6 is 0 Å². The Bertz CT molecular complexity index is 3.90. The summed E-state index contributed by atoms with van der Waals surface area (Å²) >= 11 is 0. The average molecular weight is 143 g/mol. The van der Waals surface area contributed by atoms with Crippen LogP contribution in [0.5, 0.6) is 0 Å². The van der Waals surface area contributed by atoms with Crippen LogP contribution in [0.25, 0.3) is 0 Å². The van der Waals surface area contributed by atoms with E-state index in [9.17, 15) is 0 Å². The predicted octanol–water partition coefficient (Wildman–Crippen LogP) is -0.828. The van der Waals surface area contributed by atoms with E-state index in [0.717, 1.165) is 0 Å². The summed E-state index contributed by atoms with van der Waals surface area (Å²) in [5.41, 5.74) is 0. The zero-order valence-electron chi connectivity index (χ0n) is 2.51. The summed E-state index contributed by atoms with van der Waals surface area (Å²) in [4.78, 5) is 0. The topological polar surface area (TPSA) is 148 Å². The molecule has 0 heterocycles. The molecule has 0 saturated heterocycles. The second kappa shape index (κ2) is 1130.